The Morgan fingerprint density at radius 2 is 2.04 bits per heavy atom. The number of halogens is 3. The second kappa shape index (κ2) is 5.87. The molecule has 1 aromatic carbocycles. The Bertz CT molecular complexity index is 935. The van der Waals surface area contributed by atoms with Gasteiger partial charge in [-0.25, -0.2) is 4.98 Å². The predicted molar refractivity (Wildman–Crippen MR) is 92.6 cm³/mol. The summed E-state index contributed by atoms with van der Waals surface area (Å²) in [7, 11) is 0. The number of fused-ring (bicyclic) bond motifs is 3. The van der Waals surface area contributed by atoms with Gasteiger partial charge < -0.3 is 11.1 Å². The number of anilines is 2. The second-order valence-corrected chi connectivity index (χ2v) is 7.15. The van der Waals surface area contributed by atoms with Crippen LogP contribution in [0.4, 0.5) is 24.9 Å². The summed E-state index contributed by atoms with van der Waals surface area (Å²) in [5.74, 6) is -0.435. The van der Waals surface area contributed by atoms with Crippen LogP contribution in [0.2, 0.25) is 0 Å². The molecular weight excluding hydrogens is 349 g/mol. The summed E-state index contributed by atoms with van der Waals surface area (Å²) < 4.78 is 39.6. The zero-order valence-electron chi connectivity index (χ0n) is 13.1. The molecule has 0 spiro atoms. The number of nitrogens with one attached hydrogen (secondary N) is 1. The highest BCUT2D eigenvalue weighted by Gasteiger charge is 2.34. The van der Waals surface area contributed by atoms with Crippen LogP contribution in [0.25, 0.3) is 10.1 Å². The molecule has 1 atom stereocenters. The molecule has 0 unspecified atom stereocenters. The lowest BCUT2D eigenvalue weighted by molar-refractivity contribution is -0.137. The summed E-state index contributed by atoms with van der Waals surface area (Å²) in [5, 5.41) is 4.35. The molecule has 0 fully saturated rings. The van der Waals surface area contributed by atoms with Crippen LogP contribution in [-0.4, -0.2) is 9.97 Å². The summed E-state index contributed by atoms with van der Waals surface area (Å²) in [6.07, 6.45) is -0.918. The average molecular weight is 364 g/mol. The van der Waals surface area contributed by atoms with Crippen molar-refractivity contribution in [2.75, 3.05) is 11.1 Å². The third kappa shape index (κ3) is 2.90. The van der Waals surface area contributed by atoms with E-state index in [9.17, 15) is 13.2 Å². The number of benzene rings is 1. The Labute approximate surface area is 145 Å². The van der Waals surface area contributed by atoms with E-state index in [4.69, 9.17) is 5.73 Å². The van der Waals surface area contributed by atoms with E-state index in [1.54, 1.807) is 11.3 Å². The van der Waals surface area contributed by atoms with E-state index in [0.717, 1.165) is 25.5 Å². The number of hydrogen-bond donors (Lipinski definition) is 2. The van der Waals surface area contributed by atoms with Crippen LogP contribution in [0.5, 0.6) is 0 Å². The summed E-state index contributed by atoms with van der Waals surface area (Å²) in [6.45, 7) is 0. The quantitative estimate of drug-likeness (QED) is 0.687. The Balaban J connectivity index is 1.68. The van der Waals surface area contributed by atoms with Crippen molar-refractivity contribution in [2.24, 2.45) is 0 Å². The van der Waals surface area contributed by atoms with Gasteiger partial charge in [-0.05, 0) is 36.3 Å². The van der Waals surface area contributed by atoms with Gasteiger partial charge in [0, 0.05) is 15.8 Å². The van der Waals surface area contributed by atoms with Gasteiger partial charge in [0.25, 0.3) is 0 Å². The molecule has 4 rings (SSSR count). The van der Waals surface area contributed by atoms with Crippen LogP contribution in [0.1, 0.15) is 34.9 Å². The van der Waals surface area contributed by atoms with Gasteiger partial charge in [0.1, 0.15) is 11.4 Å². The van der Waals surface area contributed by atoms with Crippen LogP contribution < -0.4 is 11.1 Å². The molecule has 4 nitrogen and oxygen atoms in total. The number of nitrogens with two attached hydrogens (primary N) is 1. The Kier molecular flexibility index (Phi) is 3.79. The second-order valence-electron chi connectivity index (χ2n) is 6.01. The first-order valence-electron chi connectivity index (χ1n) is 7.90. The maximum Gasteiger partial charge on any atom is 0.421 e. The van der Waals surface area contributed by atoms with E-state index in [-0.39, 0.29) is 12.0 Å². The highest BCUT2D eigenvalue weighted by molar-refractivity contribution is 7.19. The molecule has 0 radical (unpaired) electrons. The molecule has 0 aliphatic heterocycles. The molecule has 0 saturated carbocycles. The number of nitrogen functional groups attached to an aromatic ring is 1. The topological polar surface area (TPSA) is 63.8 Å². The van der Waals surface area contributed by atoms with Crippen LogP contribution >= 0.6 is 11.3 Å². The lowest BCUT2D eigenvalue weighted by Gasteiger charge is -2.24. The SMILES string of the molecule is Nc1nc(N[C@@H]2CCCc3sc4ccccc4c32)ncc1C(F)(F)F. The van der Waals surface area contributed by atoms with Crippen molar-refractivity contribution >= 4 is 33.2 Å². The van der Waals surface area contributed by atoms with Crippen LogP contribution in [0.15, 0.2) is 30.5 Å². The van der Waals surface area contributed by atoms with Gasteiger partial charge in [-0.3, -0.25) is 0 Å². The smallest absolute Gasteiger partial charge is 0.383 e. The van der Waals surface area contributed by atoms with E-state index in [1.807, 2.05) is 12.1 Å². The molecule has 130 valence electrons. The van der Waals surface area contributed by atoms with Gasteiger partial charge in [-0.2, -0.15) is 18.2 Å². The molecule has 2 aromatic heterocycles. The van der Waals surface area contributed by atoms with Crippen molar-refractivity contribution in [1.29, 1.82) is 0 Å². The van der Waals surface area contributed by atoms with Gasteiger partial charge in [0.05, 0.1) is 6.04 Å². The standard InChI is InChI=1S/C17H15F3N4S/c18-17(19,20)10-8-22-16(24-15(10)21)23-11-5-3-7-13-14(11)9-4-1-2-6-12(9)25-13/h1-2,4,6,8,11H,3,5,7H2,(H3,21,22,23,24)/t11-/m1/s1. The Morgan fingerprint density at radius 3 is 2.80 bits per heavy atom. The van der Waals surface area contributed by atoms with Crippen molar-refractivity contribution < 1.29 is 13.2 Å². The first-order valence-corrected chi connectivity index (χ1v) is 8.71. The fraction of sp³-hybridized carbons (Fsp3) is 0.294. The molecule has 0 bridgehead atoms. The van der Waals surface area contributed by atoms with E-state index in [1.165, 1.54) is 20.5 Å². The normalized spacial score (nSPS) is 17.5. The first kappa shape index (κ1) is 16.1. The molecule has 1 aliphatic carbocycles. The van der Waals surface area contributed by atoms with E-state index in [2.05, 4.69) is 27.4 Å². The number of hydrogen-bond acceptors (Lipinski definition) is 5. The molecule has 0 saturated heterocycles. The van der Waals surface area contributed by atoms with Crippen LogP contribution in [-0.2, 0) is 12.6 Å². The number of rotatable bonds is 2. The van der Waals surface area contributed by atoms with Gasteiger partial charge >= 0.3 is 6.18 Å². The molecule has 8 heteroatoms. The lowest BCUT2D eigenvalue weighted by atomic mass is 9.91. The minimum Gasteiger partial charge on any atom is -0.383 e. The summed E-state index contributed by atoms with van der Waals surface area (Å²) >= 11 is 1.77. The van der Waals surface area contributed by atoms with Gasteiger partial charge in [0.2, 0.25) is 5.95 Å². The van der Waals surface area contributed by atoms with Crippen LogP contribution in [0, 0.1) is 0 Å². The van der Waals surface area contributed by atoms with E-state index >= 15 is 0 Å². The first-order chi connectivity index (χ1) is 11.9. The monoisotopic (exact) mass is 364 g/mol. The molecular formula is C17H15F3N4S. The van der Waals surface area contributed by atoms with Crippen molar-refractivity contribution in [2.45, 2.75) is 31.5 Å². The number of alkyl halides is 3. The summed E-state index contributed by atoms with van der Waals surface area (Å²) in [4.78, 5) is 8.94. The zero-order valence-corrected chi connectivity index (χ0v) is 13.9. The molecule has 0 amide bonds. The number of thiophene rings is 1. The maximum atomic E-state index is 12.8. The third-order valence-electron chi connectivity index (χ3n) is 4.38. The third-order valence-corrected chi connectivity index (χ3v) is 5.63. The van der Waals surface area contributed by atoms with Crippen LogP contribution in [0.3, 0.4) is 0 Å². The number of nitrogens with zero attached hydrogens (tertiary/aromatic N) is 2. The van der Waals surface area contributed by atoms with E-state index in [0.29, 0.717) is 0 Å². The molecule has 2 heterocycles. The fourth-order valence-corrected chi connectivity index (χ4v) is 4.59. The van der Waals surface area contributed by atoms with E-state index < -0.39 is 17.6 Å². The van der Waals surface area contributed by atoms with Gasteiger partial charge in [-0.1, -0.05) is 18.2 Å². The largest absolute Gasteiger partial charge is 0.421 e. The Hall–Kier alpha value is -2.35. The number of aryl methyl sites for hydroxylation is 1. The van der Waals surface area contributed by atoms with Crippen molar-refractivity contribution in [1.82, 2.24) is 9.97 Å². The summed E-state index contributed by atoms with van der Waals surface area (Å²) in [6, 6.07) is 8.13. The number of aromatic nitrogens is 2. The molecule has 3 aromatic rings. The average Bonchev–Trinajstić information content (AvgIpc) is 2.93. The van der Waals surface area contributed by atoms with Crippen molar-refractivity contribution in [3.63, 3.8) is 0 Å². The van der Waals surface area contributed by atoms with Gasteiger partial charge in [0.15, 0.2) is 0 Å². The highest BCUT2D eigenvalue weighted by atomic mass is 32.1. The van der Waals surface area contributed by atoms with Gasteiger partial charge in [-0.15, -0.1) is 11.3 Å². The molecule has 1 aliphatic rings. The minimum absolute atomic E-state index is 0.0314. The predicted octanol–water partition coefficient (Wildman–Crippen LogP) is 4.78. The molecule has 3 N–H and O–H groups in total. The zero-order chi connectivity index (χ0) is 17.6. The Morgan fingerprint density at radius 1 is 1.24 bits per heavy atom. The molecule has 25 heavy (non-hydrogen) atoms. The lowest BCUT2D eigenvalue weighted by Crippen LogP contribution is -2.19. The van der Waals surface area contributed by atoms with Crippen molar-refractivity contribution in [3.8, 4) is 0 Å². The highest BCUT2D eigenvalue weighted by Crippen LogP contribution is 2.42. The maximum absolute atomic E-state index is 12.8. The van der Waals surface area contributed by atoms with Crippen molar-refractivity contribution in [3.05, 3.63) is 46.5 Å². The minimum atomic E-state index is -4.55. The fourth-order valence-electron chi connectivity index (χ4n) is 3.28. The summed E-state index contributed by atoms with van der Waals surface area (Å²) in [5.41, 5.74) is 5.66.